The Morgan fingerprint density at radius 2 is 1.87 bits per heavy atom. The van der Waals surface area contributed by atoms with Crippen molar-refractivity contribution in [2.75, 3.05) is 0 Å². The maximum Gasteiger partial charge on any atom is 0.160 e. The molecule has 4 heterocycles. The summed E-state index contributed by atoms with van der Waals surface area (Å²) in [5.41, 5.74) is 4.74. The molecular weight excluding hydrogens is 288 g/mol. The van der Waals surface area contributed by atoms with Gasteiger partial charge in [-0.2, -0.15) is 5.10 Å². The van der Waals surface area contributed by atoms with Crippen LogP contribution in [0.2, 0.25) is 0 Å². The van der Waals surface area contributed by atoms with Crippen LogP contribution in [0.3, 0.4) is 0 Å². The van der Waals surface area contributed by atoms with Gasteiger partial charge >= 0.3 is 0 Å². The maximum atomic E-state index is 4.86. The summed E-state index contributed by atoms with van der Waals surface area (Å²) in [5.74, 6) is 1.73. The molecule has 0 unspecified atom stereocenters. The van der Waals surface area contributed by atoms with E-state index in [9.17, 15) is 0 Å². The second kappa shape index (κ2) is 4.87. The van der Waals surface area contributed by atoms with Crippen molar-refractivity contribution in [3.05, 3.63) is 42.2 Å². The van der Waals surface area contributed by atoms with Crippen molar-refractivity contribution in [1.29, 1.82) is 0 Å². The molecule has 6 heteroatoms. The summed E-state index contributed by atoms with van der Waals surface area (Å²) in [5, 5.41) is 4.39. The molecule has 116 valence electrons. The molecule has 0 radical (unpaired) electrons. The van der Waals surface area contributed by atoms with Gasteiger partial charge in [0.15, 0.2) is 5.65 Å². The monoisotopic (exact) mass is 306 g/mol. The molecule has 0 spiro atoms. The van der Waals surface area contributed by atoms with Gasteiger partial charge in [0.25, 0.3) is 0 Å². The Balaban J connectivity index is 1.96. The molecule has 0 aliphatic heterocycles. The van der Waals surface area contributed by atoms with Crippen LogP contribution in [-0.4, -0.2) is 29.1 Å². The molecule has 0 bridgehead atoms. The zero-order valence-corrected chi connectivity index (χ0v) is 13.6. The molecule has 0 aromatic carbocycles. The van der Waals surface area contributed by atoms with Gasteiger partial charge in [-0.3, -0.25) is 0 Å². The molecule has 6 nitrogen and oxygen atoms in total. The number of pyridine rings is 1. The smallest absolute Gasteiger partial charge is 0.160 e. The second-order valence-corrected chi connectivity index (χ2v) is 6.03. The maximum absolute atomic E-state index is 4.86. The van der Waals surface area contributed by atoms with E-state index in [-0.39, 0.29) is 0 Å². The third kappa shape index (κ3) is 2.10. The van der Waals surface area contributed by atoms with Gasteiger partial charge in [0.1, 0.15) is 17.2 Å². The number of hydrogen-bond donors (Lipinski definition) is 0. The molecule has 0 amide bonds. The van der Waals surface area contributed by atoms with Gasteiger partial charge in [0, 0.05) is 17.8 Å². The number of imidazole rings is 1. The van der Waals surface area contributed by atoms with Gasteiger partial charge in [-0.15, -0.1) is 0 Å². The highest BCUT2D eigenvalue weighted by Gasteiger charge is 2.14. The third-order valence-corrected chi connectivity index (χ3v) is 4.04. The van der Waals surface area contributed by atoms with E-state index in [1.807, 2.05) is 49.0 Å². The fraction of sp³-hybridized carbons (Fsp3) is 0.294. The van der Waals surface area contributed by atoms with E-state index in [1.54, 1.807) is 0 Å². The fourth-order valence-corrected chi connectivity index (χ4v) is 3.06. The van der Waals surface area contributed by atoms with E-state index >= 15 is 0 Å². The number of hydrogen-bond acceptors (Lipinski definition) is 4. The SMILES string of the molecule is Cc1ncc2c(-c3ccc4nc(C)n(C(C)C)c4n3)ccn2n1. The Bertz CT molecular complexity index is 1020. The first-order valence-corrected chi connectivity index (χ1v) is 7.71. The van der Waals surface area contributed by atoms with Gasteiger partial charge in [0.2, 0.25) is 0 Å². The van der Waals surface area contributed by atoms with E-state index < -0.39 is 0 Å². The number of nitrogens with zero attached hydrogens (tertiary/aromatic N) is 6. The zero-order chi connectivity index (χ0) is 16.1. The number of aryl methyl sites for hydroxylation is 2. The molecule has 0 fully saturated rings. The fourth-order valence-electron chi connectivity index (χ4n) is 3.06. The predicted molar refractivity (Wildman–Crippen MR) is 89.4 cm³/mol. The Kier molecular flexibility index (Phi) is 2.94. The molecule has 0 aliphatic carbocycles. The minimum absolute atomic E-state index is 0.319. The Morgan fingerprint density at radius 3 is 2.65 bits per heavy atom. The molecule has 0 aliphatic rings. The minimum atomic E-state index is 0.319. The lowest BCUT2D eigenvalue weighted by atomic mass is 10.2. The predicted octanol–water partition coefficient (Wildman–Crippen LogP) is 3.34. The van der Waals surface area contributed by atoms with Crippen LogP contribution < -0.4 is 0 Å². The summed E-state index contributed by atoms with van der Waals surface area (Å²) in [6.45, 7) is 8.19. The highest BCUT2D eigenvalue weighted by molar-refractivity contribution is 5.82. The molecule has 0 saturated carbocycles. The normalized spacial score (nSPS) is 11.9. The van der Waals surface area contributed by atoms with Crippen LogP contribution >= 0.6 is 0 Å². The molecule has 0 saturated heterocycles. The lowest BCUT2D eigenvalue weighted by Crippen LogP contribution is -2.04. The van der Waals surface area contributed by atoms with Crippen LogP contribution in [0.4, 0.5) is 0 Å². The van der Waals surface area contributed by atoms with Crippen LogP contribution in [0.1, 0.15) is 31.5 Å². The first-order chi connectivity index (χ1) is 11.0. The van der Waals surface area contributed by atoms with Crippen LogP contribution in [0.15, 0.2) is 30.6 Å². The van der Waals surface area contributed by atoms with E-state index in [0.29, 0.717) is 6.04 Å². The molecule has 4 aromatic heterocycles. The van der Waals surface area contributed by atoms with Crippen LogP contribution in [0, 0.1) is 13.8 Å². The summed E-state index contributed by atoms with van der Waals surface area (Å²) in [6.07, 6.45) is 3.78. The molecule has 4 aromatic rings. The largest absolute Gasteiger partial charge is 0.310 e. The molecule has 0 N–H and O–H groups in total. The first-order valence-electron chi connectivity index (χ1n) is 7.71. The summed E-state index contributed by atoms with van der Waals surface area (Å²) < 4.78 is 4.01. The van der Waals surface area contributed by atoms with Crippen LogP contribution in [0.5, 0.6) is 0 Å². The molecule has 0 atom stereocenters. The highest BCUT2D eigenvalue weighted by Crippen LogP contribution is 2.27. The highest BCUT2D eigenvalue weighted by atomic mass is 15.2. The van der Waals surface area contributed by atoms with Crippen molar-refractivity contribution >= 4 is 16.7 Å². The average Bonchev–Trinajstić information content (AvgIpc) is 3.05. The molecule has 4 rings (SSSR count). The number of rotatable bonds is 2. The Morgan fingerprint density at radius 1 is 1.04 bits per heavy atom. The van der Waals surface area contributed by atoms with Crippen molar-refractivity contribution in [2.24, 2.45) is 0 Å². The Hall–Kier alpha value is -2.76. The molecular formula is C17H18N6. The van der Waals surface area contributed by atoms with E-state index in [1.165, 1.54) is 0 Å². The number of fused-ring (bicyclic) bond motifs is 2. The molecule has 23 heavy (non-hydrogen) atoms. The van der Waals surface area contributed by atoms with E-state index in [4.69, 9.17) is 4.98 Å². The standard InChI is InChI=1S/C17H18N6/c1-10(2)23-12(4)19-15-6-5-14(20-17(15)23)13-7-8-22-16(13)9-18-11(3)21-22/h5-10H,1-4H3. The van der Waals surface area contributed by atoms with Crippen molar-refractivity contribution in [3.63, 3.8) is 0 Å². The Labute approximate surface area is 133 Å². The topological polar surface area (TPSA) is 60.9 Å². The van der Waals surface area contributed by atoms with Crippen molar-refractivity contribution in [3.8, 4) is 11.3 Å². The lowest BCUT2D eigenvalue weighted by molar-refractivity contribution is 0.595. The zero-order valence-electron chi connectivity index (χ0n) is 13.6. The second-order valence-electron chi connectivity index (χ2n) is 6.03. The summed E-state index contributed by atoms with van der Waals surface area (Å²) >= 11 is 0. The first kappa shape index (κ1) is 13.9. The van der Waals surface area contributed by atoms with E-state index in [0.717, 1.165) is 39.6 Å². The van der Waals surface area contributed by atoms with Gasteiger partial charge in [-0.25, -0.2) is 19.5 Å². The third-order valence-electron chi connectivity index (χ3n) is 4.04. The van der Waals surface area contributed by atoms with Gasteiger partial charge in [-0.1, -0.05) is 0 Å². The van der Waals surface area contributed by atoms with E-state index in [2.05, 4.69) is 33.5 Å². The van der Waals surface area contributed by atoms with Crippen LogP contribution in [0.25, 0.3) is 27.9 Å². The van der Waals surface area contributed by atoms with Crippen molar-refractivity contribution < 1.29 is 0 Å². The summed E-state index contributed by atoms with van der Waals surface area (Å²) in [7, 11) is 0. The van der Waals surface area contributed by atoms with Crippen LogP contribution in [-0.2, 0) is 0 Å². The summed E-state index contributed by atoms with van der Waals surface area (Å²) in [6, 6.07) is 6.39. The van der Waals surface area contributed by atoms with Gasteiger partial charge in [-0.05, 0) is 45.9 Å². The quantitative estimate of drug-likeness (QED) is 0.570. The van der Waals surface area contributed by atoms with Crippen molar-refractivity contribution in [1.82, 2.24) is 29.1 Å². The summed E-state index contributed by atoms with van der Waals surface area (Å²) in [4.78, 5) is 13.8. The lowest BCUT2D eigenvalue weighted by Gasteiger charge is -2.10. The van der Waals surface area contributed by atoms with Gasteiger partial charge in [0.05, 0.1) is 17.4 Å². The average molecular weight is 306 g/mol. The van der Waals surface area contributed by atoms with Gasteiger partial charge < -0.3 is 4.57 Å². The van der Waals surface area contributed by atoms with Crippen molar-refractivity contribution in [2.45, 2.75) is 33.7 Å². The number of aromatic nitrogens is 6. The minimum Gasteiger partial charge on any atom is -0.310 e.